The molecule has 3 rings (SSSR count). The van der Waals surface area contributed by atoms with E-state index in [1.165, 1.54) is 13.3 Å². The van der Waals surface area contributed by atoms with Crippen molar-refractivity contribution in [3.63, 3.8) is 0 Å². The van der Waals surface area contributed by atoms with Gasteiger partial charge in [-0.1, -0.05) is 0 Å². The van der Waals surface area contributed by atoms with E-state index in [0.29, 0.717) is 22.9 Å². The molecule has 0 aliphatic heterocycles. The molecular formula is C16H16N2O3. The lowest BCUT2D eigenvalue weighted by molar-refractivity contribution is 0.0697. The molecule has 0 amide bonds. The number of carbonyl (C=O) groups is 1. The number of rotatable bonds is 4. The van der Waals surface area contributed by atoms with Gasteiger partial charge in [0.1, 0.15) is 5.75 Å². The van der Waals surface area contributed by atoms with Crippen molar-refractivity contribution in [2.24, 2.45) is 0 Å². The van der Waals surface area contributed by atoms with Crippen LogP contribution in [-0.2, 0) is 0 Å². The number of pyridine rings is 2. The van der Waals surface area contributed by atoms with Crippen molar-refractivity contribution < 1.29 is 14.6 Å². The van der Waals surface area contributed by atoms with Crippen LogP contribution < -0.4 is 4.74 Å². The van der Waals surface area contributed by atoms with Crippen LogP contribution in [0.15, 0.2) is 24.5 Å². The second-order valence-electron chi connectivity index (χ2n) is 5.21. The number of methoxy groups -OCH3 is 1. The molecule has 5 nitrogen and oxygen atoms in total. The number of aromatic nitrogens is 2. The zero-order valence-electron chi connectivity index (χ0n) is 12.0. The average molecular weight is 284 g/mol. The highest BCUT2D eigenvalue weighted by atomic mass is 16.5. The number of aryl methyl sites for hydroxylation is 1. The molecule has 0 saturated heterocycles. The number of hydrogen-bond acceptors (Lipinski definition) is 4. The molecule has 5 heteroatoms. The first-order valence-electron chi connectivity index (χ1n) is 6.85. The van der Waals surface area contributed by atoms with Gasteiger partial charge in [-0.2, -0.15) is 0 Å². The number of carboxylic acids is 1. The van der Waals surface area contributed by atoms with Gasteiger partial charge < -0.3 is 9.84 Å². The van der Waals surface area contributed by atoms with Crippen LogP contribution in [0.1, 0.15) is 40.5 Å². The van der Waals surface area contributed by atoms with Crippen molar-refractivity contribution in [3.05, 3.63) is 41.5 Å². The minimum Gasteiger partial charge on any atom is -0.494 e. The number of nitrogens with zero attached hydrogens (tertiary/aromatic N) is 2. The summed E-state index contributed by atoms with van der Waals surface area (Å²) in [6.07, 6.45) is 5.40. The zero-order valence-corrected chi connectivity index (χ0v) is 12.0. The van der Waals surface area contributed by atoms with Gasteiger partial charge in [0.2, 0.25) is 0 Å². The Morgan fingerprint density at radius 3 is 2.76 bits per heavy atom. The molecule has 0 radical (unpaired) electrons. The fourth-order valence-electron chi connectivity index (χ4n) is 2.49. The van der Waals surface area contributed by atoms with Gasteiger partial charge >= 0.3 is 5.97 Å². The van der Waals surface area contributed by atoms with Crippen LogP contribution in [0.3, 0.4) is 0 Å². The summed E-state index contributed by atoms with van der Waals surface area (Å²) in [4.78, 5) is 20.0. The molecule has 0 spiro atoms. The first-order chi connectivity index (χ1) is 10.1. The first kappa shape index (κ1) is 13.5. The van der Waals surface area contributed by atoms with E-state index in [1.54, 1.807) is 13.1 Å². The normalized spacial score (nSPS) is 14.0. The van der Waals surface area contributed by atoms with Gasteiger partial charge in [-0.3, -0.25) is 9.97 Å². The molecule has 1 aliphatic carbocycles. The maximum atomic E-state index is 11.5. The molecule has 2 heterocycles. The van der Waals surface area contributed by atoms with Crippen molar-refractivity contribution in [3.8, 4) is 16.9 Å². The monoisotopic (exact) mass is 284 g/mol. The Morgan fingerprint density at radius 2 is 2.14 bits per heavy atom. The van der Waals surface area contributed by atoms with Crippen molar-refractivity contribution in [1.29, 1.82) is 0 Å². The third-order valence-corrected chi connectivity index (χ3v) is 3.71. The van der Waals surface area contributed by atoms with E-state index < -0.39 is 5.97 Å². The molecule has 21 heavy (non-hydrogen) atoms. The van der Waals surface area contributed by atoms with Crippen LogP contribution in [-0.4, -0.2) is 28.2 Å². The van der Waals surface area contributed by atoms with Crippen LogP contribution in [0, 0.1) is 6.92 Å². The van der Waals surface area contributed by atoms with E-state index >= 15 is 0 Å². The van der Waals surface area contributed by atoms with E-state index in [4.69, 9.17) is 4.74 Å². The number of carboxylic acid groups (broad SMARTS) is 1. The SMILES string of the molecule is COc1c(C)ncc(C(=O)O)c1-c1ccnc(C2CC2)c1. The van der Waals surface area contributed by atoms with Gasteiger partial charge in [0.05, 0.1) is 18.4 Å². The molecule has 1 saturated carbocycles. The lowest BCUT2D eigenvalue weighted by Crippen LogP contribution is -2.05. The molecule has 1 N–H and O–H groups in total. The Kier molecular flexibility index (Phi) is 3.33. The molecule has 0 aromatic carbocycles. The van der Waals surface area contributed by atoms with E-state index in [2.05, 4.69) is 9.97 Å². The summed E-state index contributed by atoms with van der Waals surface area (Å²) < 4.78 is 5.39. The Balaban J connectivity index is 2.22. The molecular weight excluding hydrogens is 268 g/mol. The molecule has 1 fully saturated rings. The Morgan fingerprint density at radius 1 is 1.38 bits per heavy atom. The summed E-state index contributed by atoms with van der Waals surface area (Å²) in [6, 6.07) is 3.77. The topological polar surface area (TPSA) is 72.3 Å². The number of ether oxygens (including phenoxy) is 1. The maximum Gasteiger partial charge on any atom is 0.338 e. The molecule has 1 aliphatic rings. The highest BCUT2D eigenvalue weighted by Gasteiger charge is 2.26. The summed E-state index contributed by atoms with van der Waals surface area (Å²) in [5.41, 5.74) is 3.21. The first-order valence-corrected chi connectivity index (χ1v) is 6.85. The Hall–Kier alpha value is -2.43. The second kappa shape index (κ2) is 5.16. The summed E-state index contributed by atoms with van der Waals surface area (Å²) in [5, 5.41) is 9.42. The largest absolute Gasteiger partial charge is 0.494 e. The Labute approximate surface area is 122 Å². The van der Waals surface area contributed by atoms with Crippen LogP contribution in [0.4, 0.5) is 0 Å². The minimum absolute atomic E-state index is 0.144. The summed E-state index contributed by atoms with van der Waals surface area (Å²) >= 11 is 0. The third-order valence-electron chi connectivity index (χ3n) is 3.71. The minimum atomic E-state index is -1.01. The van der Waals surface area contributed by atoms with Crippen LogP contribution in [0.5, 0.6) is 5.75 Å². The van der Waals surface area contributed by atoms with E-state index in [1.807, 2.05) is 12.1 Å². The lowest BCUT2D eigenvalue weighted by Gasteiger charge is -2.14. The summed E-state index contributed by atoms with van der Waals surface area (Å²) in [7, 11) is 1.53. The van der Waals surface area contributed by atoms with Gasteiger partial charge in [-0.05, 0) is 37.5 Å². The van der Waals surface area contributed by atoms with Crippen molar-refractivity contribution in [2.75, 3.05) is 7.11 Å². The fraction of sp³-hybridized carbons (Fsp3) is 0.312. The van der Waals surface area contributed by atoms with Crippen molar-refractivity contribution in [2.45, 2.75) is 25.7 Å². The zero-order chi connectivity index (χ0) is 15.0. The standard InChI is InChI=1S/C16H16N2O3/c1-9-15(21-2)14(12(8-18-9)16(19)20)11-5-6-17-13(7-11)10-3-4-10/h5-8,10H,3-4H2,1-2H3,(H,19,20). The molecule has 2 aromatic rings. The van der Waals surface area contributed by atoms with Crippen molar-refractivity contribution in [1.82, 2.24) is 9.97 Å². The van der Waals surface area contributed by atoms with Gasteiger partial charge in [0, 0.05) is 29.6 Å². The lowest BCUT2D eigenvalue weighted by atomic mass is 9.99. The predicted molar refractivity (Wildman–Crippen MR) is 77.7 cm³/mol. The average Bonchev–Trinajstić information content (AvgIpc) is 3.31. The Bertz CT molecular complexity index is 709. The van der Waals surface area contributed by atoms with Crippen LogP contribution in [0.25, 0.3) is 11.1 Å². The number of hydrogen-bond donors (Lipinski definition) is 1. The van der Waals surface area contributed by atoms with Gasteiger partial charge in [-0.25, -0.2) is 4.79 Å². The van der Waals surface area contributed by atoms with E-state index in [-0.39, 0.29) is 5.56 Å². The predicted octanol–water partition coefficient (Wildman–Crippen LogP) is 3.04. The van der Waals surface area contributed by atoms with Gasteiger partial charge in [-0.15, -0.1) is 0 Å². The smallest absolute Gasteiger partial charge is 0.338 e. The van der Waals surface area contributed by atoms with Crippen LogP contribution in [0.2, 0.25) is 0 Å². The summed E-state index contributed by atoms with van der Waals surface area (Å²) in [5.74, 6) is -0.00408. The van der Waals surface area contributed by atoms with Crippen molar-refractivity contribution >= 4 is 5.97 Å². The highest BCUT2D eigenvalue weighted by molar-refractivity contribution is 5.97. The van der Waals surface area contributed by atoms with E-state index in [0.717, 1.165) is 24.1 Å². The molecule has 0 atom stereocenters. The highest BCUT2D eigenvalue weighted by Crippen LogP contribution is 2.41. The fourth-order valence-corrected chi connectivity index (χ4v) is 2.49. The second-order valence-corrected chi connectivity index (χ2v) is 5.21. The third kappa shape index (κ3) is 2.46. The molecule has 108 valence electrons. The number of aromatic carboxylic acids is 1. The van der Waals surface area contributed by atoms with E-state index in [9.17, 15) is 9.90 Å². The molecule has 0 unspecified atom stereocenters. The van der Waals surface area contributed by atoms with Gasteiger partial charge in [0.15, 0.2) is 0 Å². The molecule has 2 aromatic heterocycles. The summed E-state index contributed by atoms with van der Waals surface area (Å²) in [6.45, 7) is 1.80. The van der Waals surface area contributed by atoms with Gasteiger partial charge in [0.25, 0.3) is 0 Å². The quantitative estimate of drug-likeness (QED) is 0.934. The maximum absolute atomic E-state index is 11.5. The van der Waals surface area contributed by atoms with Crippen LogP contribution >= 0.6 is 0 Å². The molecule has 0 bridgehead atoms.